The van der Waals surface area contributed by atoms with Crippen molar-refractivity contribution in [2.45, 2.75) is 43.5 Å². The van der Waals surface area contributed by atoms with Crippen LogP contribution in [-0.2, 0) is 25.0 Å². The second kappa shape index (κ2) is 12.1. The van der Waals surface area contributed by atoms with E-state index in [9.17, 15) is 9.59 Å². The van der Waals surface area contributed by atoms with Crippen LogP contribution in [0.3, 0.4) is 0 Å². The van der Waals surface area contributed by atoms with Gasteiger partial charge in [0, 0.05) is 17.2 Å². The largest absolute Gasteiger partial charge is 0.352 e. The number of fused-ring (bicyclic) bond motifs is 1. The standard InChI is InChI=1S/C29H27ClN4O2S2/c1-18-7-5-10-20(15-18)17-37-29-32-16-22(30)25(33-29)27(36)34-28-24(21-11-6-12-23(21)38-28)26(35)31-14-13-19-8-3-2-4-9-19/h2-5,7-10,15-16H,6,11-14,17H2,1H3,(H,31,35)(H,34,36). The quantitative estimate of drug-likeness (QED) is 0.179. The van der Waals surface area contributed by atoms with Crippen molar-refractivity contribution < 1.29 is 9.59 Å². The highest BCUT2D eigenvalue weighted by atomic mass is 35.5. The molecule has 0 spiro atoms. The molecule has 0 aliphatic heterocycles. The van der Waals surface area contributed by atoms with E-state index in [1.807, 2.05) is 55.5 Å². The number of amides is 2. The molecular weight excluding hydrogens is 536 g/mol. The Morgan fingerprint density at radius 3 is 2.68 bits per heavy atom. The lowest BCUT2D eigenvalue weighted by Gasteiger charge is -2.10. The molecule has 0 saturated carbocycles. The number of anilines is 1. The van der Waals surface area contributed by atoms with Crippen LogP contribution in [0.5, 0.6) is 0 Å². The van der Waals surface area contributed by atoms with Crippen LogP contribution in [0.4, 0.5) is 5.00 Å². The van der Waals surface area contributed by atoms with Gasteiger partial charge in [0.05, 0.1) is 16.8 Å². The summed E-state index contributed by atoms with van der Waals surface area (Å²) in [4.78, 5) is 36.4. The third-order valence-corrected chi connectivity index (χ3v) is 8.72. The summed E-state index contributed by atoms with van der Waals surface area (Å²) in [6, 6.07) is 18.3. The molecule has 1 aliphatic rings. The fraction of sp³-hybridized carbons (Fsp3) is 0.241. The summed E-state index contributed by atoms with van der Waals surface area (Å²) in [6.07, 6.45) is 4.94. The van der Waals surface area contributed by atoms with Gasteiger partial charge in [-0.1, -0.05) is 83.5 Å². The first kappa shape index (κ1) is 26.4. The number of nitrogens with one attached hydrogen (secondary N) is 2. The Kier molecular flexibility index (Phi) is 8.42. The predicted molar refractivity (Wildman–Crippen MR) is 155 cm³/mol. The number of carbonyl (C=O) groups is 2. The highest BCUT2D eigenvalue weighted by Crippen LogP contribution is 2.39. The van der Waals surface area contributed by atoms with Gasteiger partial charge in [0.15, 0.2) is 10.9 Å². The first-order valence-corrected chi connectivity index (χ1v) is 14.6. The molecular formula is C29H27ClN4O2S2. The Labute approximate surface area is 235 Å². The molecule has 6 nitrogen and oxygen atoms in total. The number of hydrogen-bond acceptors (Lipinski definition) is 6. The summed E-state index contributed by atoms with van der Waals surface area (Å²) in [5, 5.41) is 7.14. The molecule has 38 heavy (non-hydrogen) atoms. The lowest BCUT2D eigenvalue weighted by molar-refractivity contribution is 0.0954. The molecule has 5 rings (SSSR count). The molecule has 0 unspecified atom stereocenters. The summed E-state index contributed by atoms with van der Waals surface area (Å²) in [6.45, 7) is 2.56. The van der Waals surface area contributed by atoms with Crippen LogP contribution >= 0.6 is 34.7 Å². The number of aromatic nitrogens is 2. The maximum absolute atomic E-state index is 13.3. The first-order chi connectivity index (χ1) is 18.5. The van der Waals surface area contributed by atoms with Crippen LogP contribution in [0.2, 0.25) is 5.02 Å². The van der Waals surface area contributed by atoms with Crippen molar-refractivity contribution in [1.29, 1.82) is 0 Å². The molecule has 2 N–H and O–H groups in total. The van der Waals surface area contributed by atoms with Crippen molar-refractivity contribution in [1.82, 2.24) is 15.3 Å². The number of benzene rings is 2. The molecule has 0 radical (unpaired) electrons. The molecule has 2 aromatic heterocycles. The van der Waals surface area contributed by atoms with Crippen LogP contribution in [0.15, 0.2) is 66.0 Å². The SMILES string of the molecule is Cc1cccc(CSc2ncc(Cl)c(C(=O)Nc3sc4c(c3C(=O)NCCc3ccccc3)CCC4)n2)c1. The number of hydrogen-bond donors (Lipinski definition) is 2. The van der Waals surface area contributed by atoms with E-state index in [4.69, 9.17) is 11.6 Å². The molecule has 2 aromatic carbocycles. The van der Waals surface area contributed by atoms with Crippen LogP contribution in [0.1, 0.15) is 54.4 Å². The van der Waals surface area contributed by atoms with Crippen LogP contribution in [0.25, 0.3) is 0 Å². The van der Waals surface area contributed by atoms with E-state index >= 15 is 0 Å². The molecule has 1 aliphatic carbocycles. The third kappa shape index (κ3) is 6.26. The summed E-state index contributed by atoms with van der Waals surface area (Å²) in [7, 11) is 0. The Hall–Kier alpha value is -3.20. The highest BCUT2D eigenvalue weighted by molar-refractivity contribution is 7.98. The minimum atomic E-state index is -0.451. The Morgan fingerprint density at radius 1 is 1.05 bits per heavy atom. The summed E-state index contributed by atoms with van der Waals surface area (Å²) >= 11 is 9.23. The van der Waals surface area contributed by atoms with Crippen molar-refractivity contribution in [3.05, 3.63) is 104 Å². The van der Waals surface area contributed by atoms with Gasteiger partial charge < -0.3 is 10.6 Å². The number of thioether (sulfide) groups is 1. The lowest BCUT2D eigenvalue weighted by atomic mass is 10.1. The number of thiophene rings is 1. The van der Waals surface area contributed by atoms with Crippen molar-refractivity contribution in [3.8, 4) is 0 Å². The molecule has 2 amide bonds. The van der Waals surface area contributed by atoms with Crippen LogP contribution < -0.4 is 10.6 Å². The van der Waals surface area contributed by atoms with Gasteiger partial charge in [-0.2, -0.15) is 0 Å². The molecule has 0 saturated heterocycles. The molecule has 0 bridgehead atoms. The third-order valence-electron chi connectivity index (χ3n) is 6.30. The minimum Gasteiger partial charge on any atom is -0.352 e. The monoisotopic (exact) mass is 562 g/mol. The molecule has 4 aromatic rings. The highest BCUT2D eigenvalue weighted by Gasteiger charge is 2.28. The normalized spacial score (nSPS) is 12.3. The average molecular weight is 563 g/mol. The topological polar surface area (TPSA) is 84.0 Å². The number of aryl methyl sites for hydroxylation is 2. The van der Waals surface area contributed by atoms with Crippen LogP contribution in [0, 0.1) is 6.92 Å². The Bertz CT molecular complexity index is 1470. The van der Waals surface area contributed by atoms with Crippen molar-refractivity contribution >= 4 is 51.5 Å². The molecule has 194 valence electrons. The lowest BCUT2D eigenvalue weighted by Crippen LogP contribution is -2.27. The van der Waals surface area contributed by atoms with Crippen molar-refractivity contribution in [2.24, 2.45) is 0 Å². The van der Waals surface area contributed by atoms with E-state index in [0.717, 1.165) is 47.3 Å². The van der Waals surface area contributed by atoms with E-state index in [2.05, 4.69) is 26.7 Å². The van der Waals surface area contributed by atoms with Crippen molar-refractivity contribution in [3.63, 3.8) is 0 Å². The summed E-state index contributed by atoms with van der Waals surface area (Å²) < 4.78 is 0. The number of halogens is 1. The maximum atomic E-state index is 13.3. The van der Waals surface area contributed by atoms with Gasteiger partial charge in [-0.05, 0) is 49.3 Å². The van der Waals surface area contributed by atoms with Gasteiger partial charge in [0.1, 0.15) is 5.00 Å². The van der Waals surface area contributed by atoms with Gasteiger partial charge >= 0.3 is 0 Å². The molecule has 0 fully saturated rings. The van der Waals surface area contributed by atoms with E-state index in [0.29, 0.717) is 28.0 Å². The van der Waals surface area contributed by atoms with Gasteiger partial charge in [0.25, 0.3) is 11.8 Å². The fourth-order valence-corrected chi connectivity index (χ4v) is 6.69. The Balaban J connectivity index is 1.29. The first-order valence-electron chi connectivity index (χ1n) is 12.5. The minimum absolute atomic E-state index is 0.0948. The van der Waals surface area contributed by atoms with E-state index in [1.54, 1.807) is 0 Å². The van der Waals surface area contributed by atoms with E-state index < -0.39 is 5.91 Å². The van der Waals surface area contributed by atoms with Gasteiger partial charge in [-0.3, -0.25) is 9.59 Å². The smallest absolute Gasteiger partial charge is 0.276 e. The maximum Gasteiger partial charge on any atom is 0.276 e. The van der Waals surface area contributed by atoms with Gasteiger partial charge in [0.2, 0.25) is 0 Å². The number of nitrogens with zero attached hydrogens (tertiary/aromatic N) is 2. The molecule has 2 heterocycles. The Morgan fingerprint density at radius 2 is 1.87 bits per heavy atom. The van der Waals surface area contributed by atoms with E-state index in [1.165, 1.54) is 34.9 Å². The summed E-state index contributed by atoms with van der Waals surface area (Å²) in [5.74, 6) is 0.0573. The summed E-state index contributed by atoms with van der Waals surface area (Å²) in [5.41, 5.74) is 5.18. The van der Waals surface area contributed by atoms with Gasteiger partial charge in [-0.25, -0.2) is 9.97 Å². The number of carbonyl (C=O) groups excluding carboxylic acids is 2. The van der Waals surface area contributed by atoms with Crippen LogP contribution in [-0.4, -0.2) is 28.3 Å². The van der Waals surface area contributed by atoms with E-state index in [-0.39, 0.29) is 16.6 Å². The molecule has 9 heteroatoms. The van der Waals surface area contributed by atoms with Gasteiger partial charge in [-0.15, -0.1) is 11.3 Å². The molecule has 0 atom stereocenters. The second-order valence-corrected chi connectivity index (χ2v) is 11.6. The zero-order chi connectivity index (χ0) is 26.5. The second-order valence-electron chi connectivity index (χ2n) is 9.13. The predicted octanol–water partition coefficient (Wildman–Crippen LogP) is 6.51. The van der Waals surface area contributed by atoms with Crippen molar-refractivity contribution in [2.75, 3.05) is 11.9 Å². The average Bonchev–Trinajstić information content (AvgIpc) is 3.50. The zero-order valence-electron chi connectivity index (χ0n) is 20.9. The fourth-order valence-electron chi connectivity index (χ4n) is 4.48. The number of rotatable bonds is 9. The zero-order valence-corrected chi connectivity index (χ0v) is 23.3.